The van der Waals surface area contributed by atoms with Gasteiger partial charge >= 0.3 is 0 Å². The van der Waals surface area contributed by atoms with Crippen molar-refractivity contribution in [2.75, 3.05) is 0 Å². The SMILES string of the molecule is Fc1cc(Cl)cc(F)c1-c1ccnc(Cl)n1. The molecule has 0 saturated heterocycles. The summed E-state index contributed by atoms with van der Waals surface area (Å²) in [5.74, 6) is -1.58. The van der Waals surface area contributed by atoms with Crippen molar-refractivity contribution in [3.05, 3.63) is 46.3 Å². The zero-order chi connectivity index (χ0) is 11.7. The van der Waals surface area contributed by atoms with Crippen LogP contribution in [0.4, 0.5) is 8.78 Å². The average molecular weight is 261 g/mol. The zero-order valence-corrected chi connectivity index (χ0v) is 9.23. The molecule has 0 aliphatic rings. The summed E-state index contributed by atoms with van der Waals surface area (Å²) in [7, 11) is 0. The van der Waals surface area contributed by atoms with Gasteiger partial charge in [-0.2, -0.15) is 0 Å². The summed E-state index contributed by atoms with van der Waals surface area (Å²) >= 11 is 11.0. The first kappa shape index (κ1) is 11.2. The summed E-state index contributed by atoms with van der Waals surface area (Å²) in [4.78, 5) is 7.35. The summed E-state index contributed by atoms with van der Waals surface area (Å²) < 4.78 is 27.0. The summed E-state index contributed by atoms with van der Waals surface area (Å²) in [6.07, 6.45) is 1.32. The molecule has 0 N–H and O–H groups in total. The van der Waals surface area contributed by atoms with Crippen molar-refractivity contribution >= 4 is 23.2 Å². The Bertz CT molecular complexity index is 523. The minimum Gasteiger partial charge on any atom is -0.226 e. The second kappa shape index (κ2) is 4.31. The molecule has 0 unspecified atom stereocenters. The van der Waals surface area contributed by atoms with Crippen LogP contribution in [0.2, 0.25) is 10.3 Å². The molecule has 0 fully saturated rings. The number of halogens is 4. The molecule has 0 radical (unpaired) electrons. The Kier molecular flexibility index (Phi) is 3.03. The first-order valence-corrected chi connectivity index (χ1v) is 4.97. The summed E-state index contributed by atoms with van der Waals surface area (Å²) in [6.45, 7) is 0. The molecule has 16 heavy (non-hydrogen) atoms. The van der Waals surface area contributed by atoms with Crippen molar-refractivity contribution in [2.24, 2.45) is 0 Å². The molecule has 82 valence electrons. The number of hydrogen-bond acceptors (Lipinski definition) is 2. The third-order valence-corrected chi connectivity index (χ3v) is 2.29. The molecule has 0 aliphatic heterocycles. The molecule has 6 heteroatoms. The number of benzene rings is 1. The smallest absolute Gasteiger partial charge is 0.222 e. The van der Waals surface area contributed by atoms with E-state index >= 15 is 0 Å². The van der Waals surface area contributed by atoms with Crippen molar-refractivity contribution in [1.82, 2.24) is 9.97 Å². The molecule has 0 saturated carbocycles. The van der Waals surface area contributed by atoms with Gasteiger partial charge in [0.15, 0.2) is 0 Å². The van der Waals surface area contributed by atoms with Crippen molar-refractivity contribution in [3.8, 4) is 11.3 Å². The Hall–Kier alpha value is -1.26. The second-order valence-corrected chi connectivity index (χ2v) is 3.73. The molecular weight excluding hydrogens is 257 g/mol. The Morgan fingerprint density at radius 2 is 1.69 bits per heavy atom. The number of nitrogens with zero attached hydrogens (tertiary/aromatic N) is 2. The van der Waals surface area contributed by atoms with Gasteiger partial charge in [-0.25, -0.2) is 18.7 Å². The van der Waals surface area contributed by atoms with Crippen molar-refractivity contribution in [2.45, 2.75) is 0 Å². The van der Waals surface area contributed by atoms with Gasteiger partial charge in [-0.05, 0) is 29.8 Å². The van der Waals surface area contributed by atoms with Crippen LogP contribution >= 0.6 is 23.2 Å². The number of aromatic nitrogens is 2. The monoisotopic (exact) mass is 260 g/mol. The van der Waals surface area contributed by atoms with Crippen LogP contribution in [0.1, 0.15) is 0 Å². The van der Waals surface area contributed by atoms with Crippen LogP contribution in [0.5, 0.6) is 0 Å². The van der Waals surface area contributed by atoms with Crippen LogP contribution in [0, 0.1) is 11.6 Å². The first-order chi connectivity index (χ1) is 7.58. The third kappa shape index (κ3) is 2.13. The molecule has 2 nitrogen and oxygen atoms in total. The molecule has 0 atom stereocenters. The summed E-state index contributed by atoms with van der Waals surface area (Å²) in [5.41, 5.74) is -0.194. The lowest BCUT2D eigenvalue weighted by Crippen LogP contribution is -1.94. The average Bonchev–Trinajstić information content (AvgIpc) is 2.15. The van der Waals surface area contributed by atoms with Crippen LogP contribution in [-0.4, -0.2) is 9.97 Å². The van der Waals surface area contributed by atoms with Crippen LogP contribution in [0.25, 0.3) is 11.3 Å². The summed E-state index contributed by atoms with van der Waals surface area (Å²) in [6, 6.07) is 3.38. The van der Waals surface area contributed by atoms with Crippen LogP contribution < -0.4 is 0 Å². The van der Waals surface area contributed by atoms with E-state index in [-0.39, 0.29) is 21.6 Å². The highest BCUT2D eigenvalue weighted by Crippen LogP contribution is 2.27. The zero-order valence-electron chi connectivity index (χ0n) is 7.72. The third-order valence-electron chi connectivity index (χ3n) is 1.89. The van der Waals surface area contributed by atoms with E-state index in [1.807, 2.05) is 0 Å². The Labute approximate surface area is 99.9 Å². The van der Waals surface area contributed by atoms with Gasteiger partial charge < -0.3 is 0 Å². The van der Waals surface area contributed by atoms with Gasteiger partial charge in [0, 0.05) is 11.2 Å². The van der Waals surface area contributed by atoms with E-state index < -0.39 is 11.6 Å². The Morgan fingerprint density at radius 3 is 2.25 bits per heavy atom. The predicted molar refractivity (Wildman–Crippen MR) is 57.4 cm³/mol. The van der Waals surface area contributed by atoms with Crippen LogP contribution in [-0.2, 0) is 0 Å². The fourth-order valence-electron chi connectivity index (χ4n) is 1.26. The minimum atomic E-state index is -0.792. The molecule has 2 rings (SSSR count). The molecule has 1 aromatic carbocycles. The topological polar surface area (TPSA) is 25.8 Å². The Balaban J connectivity index is 2.64. The highest BCUT2D eigenvalue weighted by atomic mass is 35.5. The lowest BCUT2D eigenvalue weighted by Gasteiger charge is -2.04. The van der Waals surface area contributed by atoms with Crippen molar-refractivity contribution < 1.29 is 8.78 Å². The number of hydrogen-bond donors (Lipinski definition) is 0. The maximum absolute atomic E-state index is 13.5. The van der Waals surface area contributed by atoms with Crippen molar-refractivity contribution in [3.63, 3.8) is 0 Å². The van der Waals surface area contributed by atoms with Gasteiger partial charge in [0.05, 0.1) is 11.3 Å². The van der Waals surface area contributed by atoms with E-state index in [4.69, 9.17) is 23.2 Å². The standard InChI is InChI=1S/C10H4Cl2F2N2/c11-5-3-6(13)9(7(14)4-5)8-1-2-15-10(12)16-8/h1-4H. The molecule has 2 aromatic rings. The van der Waals surface area contributed by atoms with E-state index in [2.05, 4.69) is 9.97 Å². The van der Waals surface area contributed by atoms with E-state index in [9.17, 15) is 8.78 Å². The van der Waals surface area contributed by atoms with Gasteiger partial charge in [-0.15, -0.1) is 0 Å². The van der Waals surface area contributed by atoms with Crippen LogP contribution in [0.15, 0.2) is 24.4 Å². The Morgan fingerprint density at radius 1 is 1.06 bits per heavy atom. The van der Waals surface area contributed by atoms with E-state index in [1.54, 1.807) is 0 Å². The molecule has 0 amide bonds. The molecule has 0 bridgehead atoms. The lowest BCUT2D eigenvalue weighted by atomic mass is 10.1. The fraction of sp³-hybridized carbons (Fsp3) is 0. The highest BCUT2D eigenvalue weighted by Gasteiger charge is 2.14. The predicted octanol–water partition coefficient (Wildman–Crippen LogP) is 3.73. The lowest BCUT2D eigenvalue weighted by molar-refractivity contribution is 0.588. The highest BCUT2D eigenvalue weighted by molar-refractivity contribution is 6.30. The first-order valence-electron chi connectivity index (χ1n) is 4.21. The largest absolute Gasteiger partial charge is 0.226 e. The van der Waals surface area contributed by atoms with E-state index in [1.165, 1.54) is 12.3 Å². The maximum atomic E-state index is 13.5. The van der Waals surface area contributed by atoms with Gasteiger partial charge in [0.25, 0.3) is 0 Å². The normalized spacial score (nSPS) is 10.5. The molecule has 1 heterocycles. The molecular formula is C10H4Cl2F2N2. The maximum Gasteiger partial charge on any atom is 0.222 e. The van der Waals surface area contributed by atoms with Gasteiger partial charge in [-0.3, -0.25) is 0 Å². The van der Waals surface area contributed by atoms with E-state index in [0.29, 0.717) is 0 Å². The van der Waals surface area contributed by atoms with Crippen molar-refractivity contribution in [1.29, 1.82) is 0 Å². The molecule has 0 spiro atoms. The van der Waals surface area contributed by atoms with Gasteiger partial charge in [-0.1, -0.05) is 11.6 Å². The molecule has 1 aromatic heterocycles. The van der Waals surface area contributed by atoms with Gasteiger partial charge in [0.1, 0.15) is 11.6 Å². The van der Waals surface area contributed by atoms with Crippen LogP contribution in [0.3, 0.4) is 0 Å². The van der Waals surface area contributed by atoms with Gasteiger partial charge in [0.2, 0.25) is 5.28 Å². The minimum absolute atomic E-state index is 0.0149. The number of rotatable bonds is 1. The quantitative estimate of drug-likeness (QED) is 0.731. The second-order valence-electron chi connectivity index (χ2n) is 2.96. The molecule has 0 aliphatic carbocycles. The van der Waals surface area contributed by atoms with E-state index in [0.717, 1.165) is 12.1 Å². The summed E-state index contributed by atoms with van der Waals surface area (Å²) in [5, 5.41) is -0.0925. The fourth-order valence-corrected chi connectivity index (χ4v) is 1.60.